The summed E-state index contributed by atoms with van der Waals surface area (Å²) in [6.07, 6.45) is 2.29. The van der Waals surface area contributed by atoms with E-state index in [4.69, 9.17) is 10.5 Å². The van der Waals surface area contributed by atoms with Gasteiger partial charge in [0.1, 0.15) is 0 Å². The van der Waals surface area contributed by atoms with Crippen molar-refractivity contribution in [3.63, 3.8) is 0 Å². The van der Waals surface area contributed by atoms with Crippen LogP contribution in [0.15, 0.2) is 0 Å². The molecule has 4 N–H and O–H groups in total. The molecule has 128 valence electrons. The molecule has 2 amide bonds. The third kappa shape index (κ3) is 5.93. The van der Waals surface area contributed by atoms with Gasteiger partial charge in [-0.15, -0.1) is 0 Å². The molecule has 22 heavy (non-hydrogen) atoms. The summed E-state index contributed by atoms with van der Waals surface area (Å²) in [5.41, 5.74) is 5.73. The molecule has 1 rings (SSSR count). The van der Waals surface area contributed by atoms with E-state index >= 15 is 0 Å². The van der Waals surface area contributed by atoms with Gasteiger partial charge in [0, 0.05) is 19.1 Å². The highest BCUT2D eigenvalue weighted by atomic mass is 16.5. The van der Waals surface area contributed by atoms with Gasteiger partial charge in [0.25, 0.3) is 0 Å². The second kappa shape index (κ2) is 9.10. The van der Waals surface area contributed by atoms with E-state index in [0.29, 0.717) is 18.4 Å². The van der Waals surface area contributed by atoms with Crippen LogP contribution in [-0.2, 0) is 14.3 Å². The van der Waals surface area contributed by atoms with Crippen molar-refractivity contribution in [3.8, 4) is 0 Å². The lowest BCUT2D eigenvalue weighted by molar-refractivity contribution is -0.127. The molecule has 0 bridgehead atoms. The van der Waals surface area contributed by atoms with Crippen LogP contribution in [0.2, 0.25) is 0 Å². The summed E-state index contributed by atoms with van der Waals surface area (Å²) in [5.74, 6) is 0.357. The summed E-state index contributed by atoms with van der Waals surface area (Å²) in [5, 5.41) is 5.46. The van der Waals surface area contributed by atoms with Gasteiger partial charge < -0.3 is 21.1 Å². The number of hydrogen-bond donors (Lipinski definition) is 3. The van der Waals surface area contributed by atoms with E-state index in [2.05, 4.69) is 24.5 Å². The van der Waals surface area contributed by atoms with Gasteiger partial charge >= 0.3 is 0 Å². The van der Waals surface area contributed by atoms with Crippen LogP contribution in [0, 0.1) is 17.8 Å². The Morgan fingerprint density at radius 1 is 1.23 bits per heavy atom. The minimum atomic E-state index is -0.579. The highest BCUT2D eigenvalue weighted by Crippen LogP contribution is 2.25. The number of rotatable bonds is 7. The van der Waals surface area contributed by atoms with Crippen molar-refractivity contribution in [1.29, 1.82) is 0 Å². The van der Waals surface area contributed by atoms with Gasteiger partial charge in [-0.25, -0.2) is 0 Å². The summed E-state index contributed by atoms with van der Waals surface area (Å²) in [7, 11) is 0. The normalized spacial score (nSPS) is 23.4. The SMILES string of the molecule is CC(C)C1OCCCC1CNC(=O)CNC(=O)[C@@H](N)C(C)C. The predicted molar refractivity (Wildman–Crippen MR) is 86.1 cm³/mol. The van der Waals surface area contributed by atoms with Gasteiger partial charge in [-0.3, -0.25) is 9.59 Å². The van der Waals surface area contributed by atoms with E-state index < -0.39 is 6.04 Å². The Bertz CT molecular complexity index is 372. The van der Waals surface area contributed by atoms with Gasteiger partial charge in [0.15, 0.2) is 0 Å². The fourth-order valence-corrected chi connectivity index (χ4v) is 2.72. The fourth-order valence-electron chi connectivity index (χ4n) is 2.72. The van der Waals surface area contributed by atoms with Crippen molar-refractivity contribution in [2.75, 3.05) is 19.7 Å². The number of nitrogens with two attached hydrogens (primary N) is 1. The Kier molecular flexibility index (Phi) is 7.82. The Morgan fingerprint density at radius 3 is 2.50 bits per heavy atom. The minimum Gasteiger partial charge on any atom is -0.378 e. The lowest BCUT2D eigenvalue weighted by Gasteiger charge is -2.34. The Morgan fingerprint density at radius 2 is 1.91 bits per heavy atom. The van der Waals surface area contributed by atoms with Crippen molar-refractivity contribution in [2.24, 2.45) is 23.5 Å². The van der Waals surface area contributed by atoms with Gasteiger partial charge in [0.05, 0.1) is 18.7 Å². The highest BCUT2D eigenvalue weighted by molar-refractivity contribution is 5.87. The summed E-state index contributed by atoms with van der Waals surface area (Å²) >= 11 is 0. The van der Waals surface area contributed by atoms with E-state index in [1.54, 1.807) is 0 Å². The van der Waals surface area contributed by atoms with Gasteiger partial charge in [-0.1, -0.05) is 27.7 Å². The molecule has 0 spiro atoms. The first-order chi connectivity index (χ1) is 10.3. The maximum absolute atomic E-state index is 11.9. The zero-order valence-electron chi connectivity index (χ0n) is 14.2. The molecule has 0 aliphatic carbocycles. The summed E-state index contributed by atoms with van der Waals surface area (Å²) in [6.45, 7) is 9.39. The number of nitrogens with one attached hydrogen (secondary N) is 2. The third-order valence-electron chi connectivity index (χ3n) is 4.16. The van der Waals surface area contributed by atoms with Gasteiger partial charge in [-0.05, 0) is 24.7 Å². The molecule has 3 atom stereocenters. The minimum absolute atomic E-state index is 0.0286. The molecule has 0 radical (unpaired) electrons. The molecular formula is C16H31N3O3. The van der Waals surface area contributed by atoms with Crippen molar-refractivity contribution < 1.29 is 14.3 Å². The molecular weight excluding hydrogens is 282 g/mol. The molecule has 1 aliphatic rings. The molecule has 1 saturated heterocycles. The molecule has 0 saturated carbocycles. The maximum Gasteiger partial charge on any atom is 0.239 e. The first kappa shape index (κ1) is 18.9. The second-order valence-corrected chi connectivity index (χ2v) is 6.77. The van der Waals surface area contributed by atoms with Gasteiger partial charge in [0.2, 0.25) is 11.8 Å². The van der Waals surface area contributed by atoms with E-state index in [1.807, 2.05) is 13.8 Å². The van der Waals surface area contributed by atoms with Crippen LogP contribution in [-0.4, -0.2) is 43.7 Å². The molecule has 6 heteroatoms. The predicted octanol–water partition coefficient (Wildman–Crippen LogP) is 0.653. The smallest absolute Gasteiger partial charge is 0.239 e. The van der Waals surface area contributed by atoms with Crippen molar-refractivity contribution in [2.45, 2.75) is 52.7 Å². The highest BCUT2D eigenvalue weighted by Gasteiger charge is 2.28. The standard InChI is InChI=1S/C16H31N3O3/c1-10(2)14(17)16(21)19-9-13(20)18-8-12-6-5-7-22-15(12)11(3)4/h10-12,14-15H,5-9,17H2,1-4H3,(H,18,20)(H,19,21)/t12?,14-,15?/m0/s1. The number of carbonyl (C=O) groups is 2. The monoisotopic (exact) mass is 313 g/mol. The van der Waals surface area contributed by atoms with Crippen LogP contribution in [0.5, 0.6) is 0 Å². The summed E-state index contributed by atoms with van der Waals surface area (Å²) in [6, 6.07) is -0.579. The molecule has 1 fully saturated rings. The number of hydrogen-bond acceptors (Lipinski definition) is 4. The largest absolute Gasteiger partial charge is 0.378 e. The van der Waals surface area contributed by atoms with Crippen molar-refractivity contribution in [1.82, 2.24) is 10.6 Å². The lowest BCUT2D eigenvalue weighted by Crippen LogP contribution is -2.48. The van der Waals surface area contributed by atoms with Crippen LogP contribution in [0.1, 0.15) is 40.5 Å². The number of amides is 2. The molecule has 0 aromatic heterocycles. The van der Waals surface area contributed by atoms with Crippen molar-refractivity contribution >= 4 is 11.8 Å². The van der Waals surface area contributed by atoms with Crippen LogP contribution in [0.4, 0.5) is 0 Å². The molecule has 6 nitrogen and oxygen atoms in total. The Hall–Kier alpha value is -1.14. The van der Waals surface area contributed by atoms with E-state index in [1.165, 1.54) is 0 Å². The average molecular weight is 313 g/mol. The van der Waals surface area contributed by atoms with Crippen LogP contribution in [0.3, 0.4) is 0 Å². The maximum atomic E-state index is 11.9. The molecule has 2 unspecified atom stereocenters. The summed E-state index contributed by atoms with van der Waals surface area (Å²) in [4.78, 5) is 23.6. The Balaban J connectivity index is 2.32. The van der Waals surface area contributed by atoms with Crippen molar-refractivity contribution in [3.05, 3.63) is 0 Å². The molecule has 0 aromatic rings. The van der Waals surface area contributed by atoms with E-state index in [-0.39, 0.29) is 30.4 Å². The molecule has 1 aliphatic heterocycles. The third-order valence-corrected chi connectivity index (χ3v) is 4.16. The quantitative estimate of drug-likeness (QED) is 0.643. The van der Waals surface area contributed by atoms with E-state index in [9.17, 15) is 9.59 Å². The average Bonchev–Trinajstić information content (AvgIpc) is 2.49. The first-order valence-corrected chi connectivity index (χ1v) is 8.24. The first-order valence-electron chi connectivity index (χ1n) is 8.24. The zero-order valence-corrected chi connectivity index (χ0v) is 14.2. The second-order valence-electron chi connectivity index (χ2n) is 6.77. The number of ether oxygens (including phenoxy) is 1. The van der Waals surface area contributed by atoms with E-state index in [0.717, 1.165) is 19.4 Å². The topological polar surface area (TPSA) is 93.5 Å². The number of carbonyl (C=O) groups excluding carboxylic acids is 2. The molecule has 0 aromatic carbocycles. The van der Waals surface area contributed by atoms with Crippen LogP contribution < -0.4 is 16.4 Å². The fraction of sp³-hybridized carbons (Fsp3) is 0.875. The zero-order chi connectivity index (χ0) is 16.7. The van der Waals surface area contributed by atoms with Crippen LogP contribution in [0.25, 0.3) is 0 Å². The molecule has 1 heterocycles. The Labute approximate surface area is 133 Å². The summed E-state index contributed by atoms with van der Waals surface area (Å²) < 4.78 is 5.80. The van der Waals surface area contributed by atoms with Gasteiger partial charge in [-0.2, -0.15) is 0 Å². The lowest BCUT2D eigenvalue weighted by atomic mass is 9.87. The van der Waals surface area contributed by atoms with Crippen LogP contribution >= 0.6 is 0 Å².